The molecule has 1 saturated carbocycles. The van der Waals surface area contributed by atoms with E-state index in [4.69, 9.17) is 4.74 Å². The van der Waals surface area contributed by atoms with Gasteiger partial charge in [-0.05, 0) is 43.4 Å². The zero-order chi connectivity index (χ0) is 22.5. The third kappa shape index (κ3) is 3.67. The summed E-state index contributed by atoms with van der Waals surface area (Å²) in [5, 5.41) is 7.79. The van der Waals surface area contributed by atoms with Gasteiger partial charge in [-0.15, -0.1) is 5.10 Å². The van der Waals surface area contributed by atoms with Crippen LogP contribution >= 0.6 is 0 Å². The number of rotatable bonds is 4. The van der Waals surface area contributed by atoms with Crippen LogP contribution in [0.25, 0.3) is 5.69 Å². The Morgan fingerprint density at radius 2 is 2.03 bits per heavy atom. The Bertz CT molecular complexity index is 1130. The summed E-state index contributed by atoms with van der Waals surface area (Å²) in [6.07, 6.45) is 2.23. The molecule has 1 saturated heterocycles. The Balaban J connectivity index is 1.36. The highest BCUT2D eigenvalue weighted by molar-refractivity contribution is 5.96. The summed E-state index contributed by atoms with van der Waals surface area (Å²) >= 11 is 0. The largest absolute Gasteiger partial charge is 0.472 e. The van der Waals surface area contributed by atoms with Crippen LogP contribution in [0.5, 0.6) is 5.88 Å². The molecule has 3 aromatic heterocycles. The van der Waals surface area contributed by atoms with E-state index >= 15 is 0 Å². The first-order valence-electron chi connectivity index (χ1n) is 10.1. The zero-order valence-corrected chi connectivity index (χ0v) is 17.0. The van der Waals surface area contributed by atoms with Crippen LogP contribution in [0, 0.1) is 12.8 Å². The van der Waals surface area contributed by atoms with Crippen LogP contribution in [0.2, 0.25) is 0 Å². The number of hydrogen-bond acceptors (Lipinski definition) is 6. The third-order valence-corrected chi connectivity index (χ3v) is 5.90. The van der Waals surface area contributed by atoms with Crippen molar-refractivity contribution in [2.75, 3.05) is 6.54 Å². The molecule has 5 rings (SSSR count). The van der Waals surface area contributed by atoms with E-state index in [9.17, 15) is 18.0 Å². The average Bonchev–Trinajstić information content (AvgIpc) is 3.50. The van der Waals surface area contributed by atoms with Crippen LogP contribution in [0.4, 0.5) is 13.2 Å². The summed E-state index contributed by atoms with van der Waals surface area (Å²) < 4.78 is 45.7. The molecule has 166 valence electrons. The van der Waals surface area contributed by atoms with Crippen LogP contribution in [0.3, 0.4) is 0 Å². The second kappa shape index (κ2) is 7.57. The molecule has 1 aliphatic heterocycles. The number of amides is 1. The monoisotopic (exact) mass is 444 g/mol. The van der Waals surface area contributed by atoms with Crippen molar-refractivity contribution in [3.05, 3.63) is 59.8 Å². The minimum absolute atomic E-state index is 0.111. The summed E-state index contributed by atoms with van der Waals surface area (Å²) in [6, 6.07) is 3.77. The molecular formula is C21H19F3N6O2. The molecule has 2 aliphatic rings. The van der Waals surface area contributed by atoms with E-state index in [2.05, 4.69) is 20.3 Å². The normalized spacial score (nSPS) is 22.4. The van der Waals surface area contributed by atoms with Crippen molar-refractivity contribution in [1.29, 1.82) is 0 Å². The second-order valence-corrected chi connectivity index (χ2v) is 8.13. The number of carbonyl (C=O) groups is 1. The van der Waals surface area contributed by atoms with Gasteiger partial charge in [0.1, 0.15) is 6.10 Å². The van der Waals surface area contributed by atoms with E-state index in [0.717, 1.165) is 24.2 Å². The van der Waals surface area contributed by atoms with Gasteiger partial charge in [0.05, 0.1) is 29.7 Å². The molecule has 32 heavy (non-hydrogen) atoms. The standard InChI is InChI=1S/C21H19F3N6O2/c1-12-6-16(30-5-4-27-28-30)19(26-9-12)20(31)29-11-13-7-15(29)17(8-13)32-18-3-2-14(10-25-18)21(22,23)24/h2-6,9-10,13,15,17H,7-8,11H2,1H3. The molecule has 11 heteroatoms. The Kier molecular flexibility index (Phi) is 4.83. The molecule has 1 aliphatic carbocycles. The number of fused-ring (bicyclic) bond motifs is 2. The number of hydrogen-bond donors (Lipinski definition) is 0. The summed E-state index contributed by atoms with van der Waals surface area (Å²) in [5.41, 5.74) is 0.850. The van der Waals surface area contributed by atoms with E-state index in [0.29, 0.717) is 18.7 Å². The summed E-state index contributed by atoms with van der Waals surface area (Å²) in [7, 11) is 0. The number of piperidine rings is 1. The topological polar surface area (TPSA) is 86.0 Å². The number of alkyl halides is 3. The van der Waals surface area contributed by atoms with Crippen molar-refractivity contribution in [1.82, 2.24) is 29.9 Å². The lowest BCUT2D eigenvalue weighted by Crippen LogP contribution is -2.47. The lowest BCUT2D eigenvalue weighted by Gasteiger charge is -2.33. The fraction of sp³-hybridized carbons (Fsp3) is 0.381. The lowest BCUT2D eigenvalue weighted by atomic mass is 10.1. The van der Waals surface area contributed by atoms with Crippen molar-refractivity contribution in [3.8, 4) is 11.6 Å². The first kappa shape index (κ1) is 20.4. The molecule has 0 aromatic carbocycles. The number of nitrogens with zero attached hydrogens (tertiary/aromatic N) is 6. The van der Waals surface area contributed by atoms with Gasteiger partial charge < -0.3 is 9.64 Å². The molecule has 0 spiro atoms. The van der Waals surface area contributed by atoms with Gasteiger partial charge in [0.2, 0.25) is 5.88 Å². The van der Waals surface area contributed by atoms with Crippen LogP contribution < -0.4 is 4.74 Å². The van der Waals surface area contributed by atoms with Crippen LogP contribution in [0.1, 0.15) is 34.5 Å². The number of aryl methyl sites for hydroxylation is 1. The van der Waals surface area contributed by atoms with Crippen molar-refractivity contribution in [3.63, 3.8) is 0 Å². The highest BCUT2D eigenvalue weighted by atomic mass is 19.4. The maximum atomic E-state index is 13.4. The molecule has 3 aromatic rings. The molecule has 0 radical (unpaired) electrons. The Hall–Kier alpha value is -3.50. The molecule has 1 amide bonds. The Morgan fingerprint density at radius 3 is 2.69 bits per heavy atom. The Labute approximate surface area is 181 Å². The van der Waals surface area contributed by atoms with Gasteiger partial charge in [0.15, 0.2) is 5.69 Å². The highest BCUT2D eigenvalue weighted by Gasteiger charge is 2.49. The van der Waals surface area contributed by atoms with Gasteiger partial charge >= 0.3 is 6.18 Å². The minimum Gasteiger partial charge on any atom is -0.472 e. The number of carbonyl (C=O) groups excluding carboxylic acids is 1. The average molecular weight is 444 g/mol. The van der Waals surface area contributed by atoms with E-state index < -0.39 is 11.7 Å². The highest BCUT2D eigenvalue weighted by Crippen LogP contribution is 2.40. The fourth-order valence-electron chi connectivity index (χ4n) is 4.46. The molecule has 2 bridgehead atoms. The van der Waals surface area contributed by atoms with Gasteiger partial charge in [-0.25, -0.2) is 14.6 Å². The maximum Gasteiger partial charge on any atom is 0.417 e. The maximum absolute atomic E-state index is 13.4. The van der Waals surface area contributed by atoms with Crippen LogP contribution in [-0.2, 0) is 6.18 Å². The number of likely N-dealkylation sites (tertiary alicyclic amines) is 1. The molecular weight excluding hydrogens is 425 g/mol. The van der Waals surface area contributed by atoms with E-state index in [1.165, 1.54) is 16.9 Å². The van der Waals surface area contributed by atoms with Crippen LogP contribution in [0.15, 0.2) is 43.0 Å². The number of pyridine rings is 2. The SMILES string of the molecule is Cc1cnc(C(=O)N2CC3CC(Oc4ccc(C(F)(F)F)cn4)C2C3)c(-n2ccnn2)c1. The van der Waals surface area contributed by atoms with Crippen molar-refractivity contribution in [2.45, 2.75) is 38.1 Å². The summed E-state index contributed by atoms with van der Waals surface area (Å²) in [6.45, 7) is 2.45. The number of ether oxygens (including phenoxy) is 1. The van der Waals surface area contributed by atoms with Gasteiger partial charge in [-0.1, -0.05) is 5.21 Å². The number of aromatic nitrogens is 5. The number of halogens is 3. The first-order valence-corrected chi connectivity index (χ1v) is 10.1. The van der Waals surface area contributed by atoms with Gasteiger partial charge in [-0.3, -0.25) is 4.79 Å². The smallest absolute Gasteiger partial charge is 0.417 e. The van der Waals surface area contributed by atoms with Gasteiger partial charge in [0.25, 0.3) is 5.91 Å². The third-order valence-electron chi connectivity index (χ3n) is 5.90. The zero-order valence-electron chi connectivity index (χ0n) is 17.0. The van der Waals surface area contributed by atoms with E-state index in [1.54, 1.807) is 17.3 Å². The molecule has 3 unspecified atom stereocenters. The van der Waals surface area contributed by atoms with Crippen LogP contribution in [-0.4, -0.2) is 54.5 Å². The van der Waals surface area contributed by atoms with Crippen molar-refractivity contribution in [2.24, 2.45) is 5.92 Å². The predicted octanol–water partition coefficient (Wildman–Crippen LogP) is 3.07. The van der Waals surface area contributed by atoms with Gasteiger partial charge in [0, 0.05) is 25.0 Å². The molecule has 3 atom stereocenters. The lowest BCUT2D eigenvalue weighted by molar-refractivity contribution is -0.137. The quantitative estimate of drug-likeness (QED) is 0.615. The summed E-state index contributed by atoms with van der Waals surface area (Å²) in [4.78, 5) is 23.3. The molecule has 2 fully saturated rings. The predicted molar refractivity (Wildman–Crippen MR) is 105 cm³/mol. The molecule has 8 nitrogen and oxygen atoms in total. The van der Waals surface area contributed by atoms with Gasteiger partial charge in [-0.2, -0.15) is 13.2 Å². The van der Waals surface area contributed by atoms with Crippen molar-refractivity contribution >= 4 is 5.91 Å². The summed E-state index contributed by atoms with van der Waals surface area (Å²) in [5.74, 6) is 0.125. The van der Waals surface area contributed by atoms with E-state index in [1.807, 2.05) is 13.0 Å². The van der Waals surface area contributed by atoms with E-state index in [-0.39, 0.29) is 35.5 Å². The fourth-order valence-corrected chi connectivity index (χ4v) is 4.46. The molecule has 4 heterocycles. The second-order valence-electron chi connectivity index (χ2n) is 8.13. The Morgan fingerprint density at radius 1 is 1.19 bits per heavy atom. The minimum atomic E-state index is -4.45. The van der Waals surface area contributed by atoms with Crippen molar-refractivity contribution < 1.29 is 22.7 Å². The first-order chi connectivity index (χ1) is 15.3. The molecule has 0 N–H and O–H groups in total.